The maximum absolute atomic E-state index is 13.7. The number of carbonyl (C=O) groups excluding carboxylic acids is 1. The lowest BCUT2D eigenvalue weighted by molar-refractivity contribution is -0.134. The third kappa shape index (κ3) is 5.59. The van der Waals surface area contributed by atoms with Gasteiger partial charge in [0.05, 0.1) is 30.8 Å². The molecule has 2 aromatic carbocycles. The molecular formula is C30H31FN4O5S. The van der Waals surface area contributed by atoms with Crippen LogP contribution in [0.2, 0.25) is 0 Å². The smallest absolute Gasteiger partial charge is 0.226 e. The Morgan fingerprint density at radius 1 is 1.02 bits per heavy atom. The molecule has 1 N–H and O–H groups in total. The Labute approximate surface area is 238 Å². The zero-order chi connectivity index (χ0) is 28.6. The third-order valence-corrected chi connectivity index (χ3v) is 9.92. The van der Waals surface area contributed by atoms with Gasteiger partial charge in [0, 0.05) is 41.7 Å². The molecule has 11 heteroatoms. The summed E-state index contributed by atoms with van der Waals surface area (Å²) in [6, 6.07) is 15.9. The molecule has 41 heavy (non-hydrogen) atoms. The number of nitrogens with one attached hydrogen (secondary N) is 1. The molecular weight excluding hydrogens is 547 g/mol. The molecule has 3 aliphatic rings. The van der Waals surface area contributed by atoms with E-state index in [4.69, 9.17) is 14.1 Å². The van der Waals surface area contributed by atoms with E-state index in [9.17, 15) is 22.9 Å². The number of ether oxygens (including phenoxy) is 1. The highest BCUT2D eigenvalue weighted by Crippen LogP contribution is 2.44. The van der Waals surface area contributed by atoms with Gasteiger partial charge in [-0.2, -0.15) is 5.26 Å². The maximum Gasteiger partial charge on any atom is 0.226 e. The summed E-state index contributed by atoms with van der Waals surface area (Å²) >= 11 is 0. The fourth-order valence-corrected chi connectivity index (χ4v) is 7.07. The highest BCUT2D eigenvalue weighted by Gasteiger charge is 2.44. The standard InChI is InChI=1S/C30H31FN4O5S/c31-22-9-5-21(6-10-22)29-33-26(20-7-11-23(12-8-20)35-13-15-41(37,38)16-14-35)27(40-29)24-3-1-2-4-25(24)28(36)34-30(17-32)18-39-19-30/h5-12,24-25H,1-4,13-16,18-19H2,(H,34,36). The van der Waals surface area contributed by atoms with Crippen LogP contribution < -0.4 is 10.2 Å². The van der Waals surface area contributed by atoms with Crippen molar-refractivity contribution in [3.8, 4) is 28.8 Å². The molecule has 2 unspecified atom stereocenters. The van der Waals surface area contributed by atoms with Crippen LogP contribution in [-0.2, 0) is 19.4 Å². The predicted molar refractivity (Wildman–Crippen MR) is 150 cm³/mol. The number of anilines is 1. The molecule has 9 nitrogen and oxygen atoms in total. The van der Waals surface area contributed by atoms with Crippen molar-refractivity contribution >= 4 is 21.4 Å². The molecule has 2 saturated heterocycles. The normalized spacial score (nSPS) is 23.3. The Morgan fingerprint density at radius 2 is 1.68 bits per heavy atom. The number of nitriles is 1. The second kappa shape index (κ2) is 10.9. The summed E-state index contributed by atoms with van der Waals surface area (Å²) in [4.78, 5) is 20.4. The monoisotopic (exact) mass is 578 g/mol. The van der Waals surface area contributed by atoms with Crippen LogP contribution in [0, 0.1) is 23.1 Å². The van der Waals surface area contributed by atoms with Crippen LogP contribution in [0.15, 0.2) is 52.9 Å². The molecule has 2 aliphatic heterocycles. The SMILES string of the molecule is N#CC1(NC(=O)C2CCCCC2c2oc(-c3ccc(F)cc3)nc2-c2ccc(N3CCS(=O)(=O)CC3)cc2)COC1. The average Bonchev–Trinajstić information content (AvgIpc) is 3.41. The average molecular weight is 579 g/mol. The first kappa shape index (κ1) is 27.4. The summed E-state index contributed by atoms with van der Waals surface area (Å²) in [7, 11) is -2.99. The Morgan fingerprint density at radius 3 is 2.32 bits per heavy atom. The molecule has 0 bridgehead atoms. The topological polar surface area (TPSA) is 126 Å². The number of halogens is 1. The van der Waals surface area contributed by atoms with Crippen molar-refractivity contribution < 1.29 is 26.8 Å². The Hall–Kier alpha value is -3.75. The predicted octanol–water partition coefficient (Wildman–Crippen LogP) is 4.07. The van der Waals surface area contributed by atoms with Crippen LogP contribution in [0.3, 0.4) is 0 Å². The summed E-state index contributed by atoms with van der Waals surface area (Å²) in [5, 5.41) is 12.5. The number of amides is 1. The van der Waals surface area contributed by atoms with E-state index in [0.717, 1.165) is 30.5 Å². The lowest BCUT2D eigenvalue weighted by Crippen LogP contribution is -2.62. The van der Waals surface area contributed by atoms with E-state index in [1.54, 1.807) is 12.1 Å². The molecule has 3 fully saturated rings. The molecule has 3 aromatic rings. The largest absolute Gasteiger partial charge is 0.440 e. The fraction of sp³-hybridized carbons (Fsp3) is 0.433. The summed E-state index contributed by atoms with van der Waals surface area (Å²) < 4.78 is 49.0. The number of benzene rings is 2. The van der Waals surface area contributed by atoms with Gasteiger partial charge in [-0.3, -0.25) is 4.79 Å². The van der Waals surface area contributed by atoms with Gasteiger partial charge in [0.25, 0.3) is 0 Å². The van der Waals surface area contributed by atoms with E-state index in [1.807, 2.05) is 24.3 Å². The van der Waals surface area contributed by atoms with Crippen LogP contribution >= 0.6 is 0 Å². The van der Waals surface area contributed by atoms with E-state index in [2.05, 4.69) is 16.3 Å². The summed E-state index contributed by atoms with van der Waals surface area (Å²) in [5.74, 6) is -0.0250. The number of aromatic nitrogens is 1. The second-order valence-electron chi connectivity index (χ2n) is 11.1. The van der Waals surface area contributed by atoms with Gasteiger partial charge in [-0.1, -0.05) is 25.0 Å². The van der Waals surface area contributed by atoms with Crippen molar-refractivity contribution in [1.82, 2.24) is 10.3 Å². The number of hydrogen-bond acceptors (Lipinski definition) is 8. The summed E-state index contributed by atoms with van der Waals surface area (Å²) in [5.41, 5.74) is 1.97. The second-order valence-corrected chi connectivity index (χ2v) is 13.4. The molecule has 1 aromatic heterocycles. The van der Waals surface area contributed by atoms with E-state index in [1.165, 1.54) is 12.1 Å². The van der Waals surface area contributed by atoms with Gasteiger partial charge in [-0.15, -0.1) is 0 Å². The summed E-state index contributed by atoms with van der Waals surface area (Å²) in [6.07, 6.45) is 3.18. The minimum Gasteiger partial charge on any atom is -0.440 e. The van der Waals surface area contributed by atoms with E-state index in [-0.39, 0.29) is 42.4 Å². The highest BCUT2D eigenvalue weighted by atomic mass is 32.2. The quantitative estimate of drug-likeness (QED) is 0.464. The number of oxazole rings is 1. The van der Waals surface area contributed by atoms with E-state index >= 15 is 0 Å². The summed E-state index contributed by atoms with van der Waals surface area (Å²) in [6.45, 7) is 1.23. The van der Waals surface area contributed by atoms with Crippen molar-refractivity contribution in [3.05, 3.63) is 60.1 Å². The molecule has 0 spiro atoms. The first-order valence-electron chi connectivity index (χ1n) is 13.9. The van der Waals surface area contributed by atoms with E-state index < -0.39 is 21.3 Å². The Bertz CT molecular complexity index is 1560. The van der Waals surface area contributed by atoms with Gasteiger partial charge in [0.15, 0.2) is 15.4 Å². The fourth-order valence-electron chi connectivity index (χ4n) is 5.86. The third-order valence-electron chi connectivity index (χ3n) is 8.31. The molecule has 1 aliphatic carbocycles. The number of sulfone groups is 1. The van der Waals surface area contributed by atoms with Crippen molar-refractivity contribution in [2.24, 2.45) is 5.92 Å². The number of hydrogen-bond donors (Lipinski definition) is 1. The van der Waals surface area contributed by atoms with Crippen LogP contribution in [-0.4, -0.2) is 62.7 Å². The van der Waals surface area contributed by atoms with E-state index in [0.29, 0.717) is 42.4 Å². The zero-order valence-electron chi connectivity index (χ0n) is 22.5. The van der Waals surface area contributed by atoms with Gasteiger partial charge >= 0.3 is 0 Å². The van der Waals surface area contributed by atoms with Crippen molar-refractivity contribution in [2.75, 3.05) is 42.7 Å². The number of carbonyl (C=O) groups is 1. The van der Waals surface area contributed by atoms with Crippen LogP contribution in [0.1, 0.15) is 37.4 Å². The maximum atomic E-state index is 13.7. The highest BCUT2D eigenvalue weighted by molar-refractivity contribution is 7.91. The molecule has 3 heterocycles. The molecule has 6 rings (SSSR count). The van der Waals surface area contributed by atoms with Gasteiger partial charge in [0.1, 0.15) is 17.3 Å². The number of rotatable bonds is 6. The van der Waals surface area contributed by atoms with Gasteiger partial charge in [0.2, 0.25) is 11.8 Å². The van der Waals surface area contributed by atoms with Crippen molar-refractivity contribution in [2.45, 2.75) is 37.1 Å². The minimum atomic E-state index is -2.99. The Kier molecular flexibility index (Phi) is 7.30. The van der Waals surface area contributed by atoms with Gasteiger partial charge in [-0.05, 0) is 49.2 Å². The lowest BCUT2D eigenvalue weighted by Gasteiger charge is -2.38. The molecule has 0 radical (unpaired) electrons. The zero-order valence-corrected chi connectivity index (χ0v) is 23.3. The lowest BCUT2D eigenvalue weighted by atomic mass is 9.76. The molecule has 214 valence electrons. The van der Waals surface area contributed by atoms with Crippen LogP contribution in [0.5, 0.6) is 0 Å². The van der Waals surface area contributed by atoms with Crippen LogP contribution in [0.25, 0.3) is 22.7 Å². The van der Waals surface area contributed by atoms with Gasteiger partial charge < -0.3 is 19.4 Å². The van der Waals surface area contributed by atoms with Crippen molar-refractivity contribution in [1.29, 1.82) is 5.26 Å². The van der Waals surface area contributed by atoms with Crippen LogP contribution in [0.4, 0.5) is 10.1 Å². The molecule has 2 atom stereocenters. The first-order chi connectivity index (χ1) is 19.8. The van der Waals surface area contributed by atoms with Crippen molar-refractivity contribution in [3.63, 3.8) is 0 Å². The molecule has 1 saturated carbocycles. The number of nitrogens with zero attached hydrogens (tertiary/aromatic N) is 3. The minimum absolute atomic E-state index is 0.133. The Balaban J connectivity index is 1.34. The molecule has 1 amide bonds. The van der Waals surface area contributed by atoms with Gasteiger partial charge in [-0.25, -0.2) is 17.8 Å². The first-order valence-corrected chi connectivity index (χ1v) is 15.7.